The molecule has 6 heteroatoms. The van der Waals surface area contributed by atoms with E-state index >= 15 is 0 Å². The number of hydrogen-bond donors (Lipinski definition) is 2. The number of carbonyl (C=O) groups excluding carboxylic acids is 2. The number of nitrogens with two attached hydrogens (primary N) is 2. The van der Waals surface area contributed by atoms with Crippen molar-refractivity contribution < 1.29 is 19.1 Å². The summed E-state index contributed by atoms with van der Waals surface area (Å²) in [6, 6.07) is 0. The third-order valence-corrected chi connectivity index (χ3v) is 1.70. The maximum absolute atomic E-state index is 10.6. The second-order valence-corrected chi connectivity index (χ2v) is 3.64. The van der Waals surface area contributed by atoms with E-state index < -0.39 is 12.2 Å². The van der Waals surface area contributed by atoms with Crippen LogP contribution >= 0.6 is 0 Å². The molecule has 0 aliphatic carbocycles. The van der Waals surface area contributed by atoms with Crippen LogP contribution in [0.15, 0.2) is 0 Å². The molecule has 88 valence electrons. The van der Waals surface area contributed by atoms with E-state index in [4.69, 9.17) is 16.2 Å². The van der Waals surface area contributed by atoms with Crippen LogP contribution in [-0.4, -0.2) is 24.9 Å². The van der Waals surface area contributed by atoms with E-state index in [2.05, 4.69) is 4.74 Å². The third-order valence-electron chi connectivity index (χ3n) is 1.70. The number of rotatable bonds is 6. The Bertz CT molecular complexity index is 218. The van der Waals surface area contributed by atoms with Gasteiger partial charge < -0.3 is 20.9 Å². The number of amides is 2. The van der Waals surface area contributed by atoms with Gasteiger partial charge in [-0.15, -0.1) is 0 Å². The second-order valence-electron chi connectivity index (χ2n) is 3.64. The summed E-state index contributed by atoms with van der Waals surface area (Å²) >= 11 is 0. The molecule has 4 N–H and O–H groups in total. The maximum Gasteiger partial charge on any atom is 0.404 e. The molecule has 0 aromatic heterocycles. The van der Waals surface area contributed by atoms with Crippen LogP contribution in [0.2, 0.25) is 0 Å². The first kappa shape index (κ1) is 13.5. The summed E-state index contributed by atoms with van der Waals surface area (Å²) in [5.74, 6) is 0.364. The van der Waals surface area contributed by atoms with Crippen LogP contribution in [0.25, 0.3) is 0 Å². The number of carbonyl (C=O) groups is 2. The van der Waals surface area contributed by atoms with Crippen LogP contribution in [0.4, 0.5) is 9.59 Å². The van der Waals surface area contributed by atoms with Gasteiger partial charge in [0.05, 0.1) is 6.61 Å². The topological polar surface area (TPSA) is 105 Å². The Balaban J connectivity index is 3.89. The van der Waals surface area contributed by atoms with E-state index in [0.717, 1.165) is 0 Å². The van der Waals surface area contributed by atoms with Crippen LogP contribution < -0.4 is 11.5 Å². The summed E-state index contributed by atoms with van der Waals surface area (Å²) in [6.45, 7) is 4.11. The Morgan fingerprint density at radius 3 is 2.20 bits per heavy atom. The molecule has 0 aliphatic rings. The Morgan fingerprint density at radius 1 is 1.20 bits per heavy atom. The fourth-order valence-electron chi connectivity index (χ4n) is 1.21. The Labute approximate surface area is 88.9 Å². The average Bonchev–Trinajstić information content (AvgIpc) is 2.00. The average molecular weight is 218 g/mol. The van der Waals surface area contributed by atoms with E-state index in [0.29, 0.717) is 18.8 Å². The zero-order valence-corrected chi connectivity index (χ0v) is 9.06. The van der Waals surface area contributed by atoms with Gasteiger partial charge in [0, 0.05) is 6.42 Å². The Kier molecular flexibility index (Phi) is 6.24. The van der Waals surface area contributed by atoms with Gasteiger partial charge in [0.25, 0.3) is 0 Å². The summed E-state index contributed by atoms with van der Waals surface area (Å²) < 4.78 is 9.39. The lowest BCUT2D eigenvalue weighted by Crippen LogP contribution is -2.26. The first-order valence-electron chi connectivity index (χ1n) is 4.80. The summed E-state index contributed by atoms with van der Waals surface area (Å²) in [6.07, 6.45) is -0.909. The zero-order chi connectivity index (χ0) is 11.8. The summed E-state index contributed by atoms with van der Waals surface area (Å²) in [5, 5.41) is 0. The molecule has 1 atom stereocenters. The monoisotopic (exact) mass is 218 g/mol. The van der Waals surface area contributed by atoms with Crippen molar-refractivity contribution in [1.82, 2.24) is 0 Å². The van der Waals surface area contributed by atoms with Crippen LogP contribution in [0.5, 0.6) is 0 Å². The molecule has 0 saturated carbocycles. The fourth-order valence-corrected chi connectivity index (χ4v) is 1.21. The molecule has 0 heterocycles. The van der Waals surface area contributed by atoms with Crippen molar-refractivity contribution in [1.29, 1.82) is 0 Å². The van der Waals surface area contributed by atoms with Gasteiger partial charge in [-0.3, -0.25) is 0 Å². The predicted octanol–water partition coefficient (Wildman–Crippen LogP) is 0.982. The van der Waals surface area contributed by atoms with Crippen molar-refractivity contribution in [3.05, 3.63) is 0 Å². The van der Waals surface area contributed by atoms with Crippen molar-refractivity contribution in [2.24, 2.45) is 17.4 Å². The van der Waals surface area contributed by atoms with Gasteiger partial charge in [-0.2, -0.15) is 0 Å². The van der Waals surface area contributed by atoms with Crippen molar-refractivity contribution in [2.45, 2.75) is 32.8 Å². The Morgan fingerprint density at radius 2 is 1.80 bits per heavy atom. The first-order valence-corrected chi connectivity index (χ1v) is 4.80. The summed E-state index contributed by atoms with van der Waals surface area (Å²) in [5.41, 5.74) is 9.69. The fraction of sp³-hybridized carbons (Fsp3) is 0.778. The van der Waals surface area contributed by atoms with Crippen molar-refractivity contribution in [2.75, 3.05) is 6.61 Å². The highest BCUT2D eigenvalue weighted by Gasteiger charge is 2.14. The minimum absolute atomic E-state index is 0.125. The molecular formula is C9H18N2O4. The molecule has 0 rings (SSSR count). The van der Waals surface area contributed by atoms with Crippen molar-refractivity contribution in [3.8, 4) is 0 Å². The summed E-state index contributed by atoms with van der Waals surface area (Å²) in [4.78, 5) is 20.8. The molecule has 15 heavy (non-hydrogen) atoms. The van der Waals surface area contributed by atoms with Gasteiger partial charge in [-0.1, -0.05) is 13.8 Å². The molecule has 0 aliphatic heterocycles. The number of ether oxygens (including phenoxy) is 2. The standard InChI is InChI=1S/C9H18N2O4/c1-6(2)5-7(15-9(11)13)3-4-14-8(10)12/h6-7H,3-5H2,1-2H3,(H2,10,12)(H2,11,13). The van der Waals surface area contributed by atoms with E-state index in [1.807, 2.05) is 13.8 Å². The van der Waals surface area contributed by atoms with Crippen molar-refractivity contribution >= 4 is 12.2 Å². The first-order chi connectivity index (χ1) is 6.91. The molecule has 0 spiro atoms. The molecule has 0 aromatic carbocycles. The van der Waals surface area contributed by atoms with Gasteiger partial charge in [0.1, 0.15) is 6.10 Å². The predicted molar refractivity (Wildman–Crippen MR) is 54.1 cm³/mol. The maximum atomic E-state index is 10.6. The lowest BCUT2D eigenvalue weighted by molar-refractivity contribution is 0.0699. The number of primary amides is 2. The SMILES string of the molecule is CC(C)CC(CCOC(N)=O)OC(N)=O. The zero-order valence-electron chi connectivity index (χ0n) is 9.06. The van der Waals surface area contributed by atoms with E-state index in [9.17, 15) is 9.59 Å². The highest BCUT2D eigenvalue weighted by Crippen LogP contribution is 2.11. The molecular weight excluding hydrogens is 200 g/mol. The van der Waals surface area contributed by atoms with E-state index in [1.165, 1.54) is 0 Å². The smallest absolute Gasteiger partial charge is 0.404 e. The minimum Gasteiger partial charge on any atom is -0.450 e. The lowest BCUT2D eigenvalue weighted by Gasteiger charge is -2.18. The third kappa shape index (κ3) is 8.86. The molecule has 0 aromatic rings. The van der Waals surface area contributed by atoms with Gasteiger partial charge >= 0.3 is 12.2 Å². The number of hydrogen-bond acceptors (Lipinski definition) is 4. The molecule has 0 saturated heterocycles. The van der Waals surface area contributed by atoms with Gasteiger partial charge in [-0.25, -0.2) is 9.59 Å². The highest BCUT2D eigenvalue weighted by molar-refractivity contribution is 5.65. The highest BCUT2D eigenvalue weighted by atomic mass is 16.6. The molecule has 0 bridgehead atoms. The largest absolute Gasteiger partial charge is 0.450 e. The van der Waals surface area contributed by atoms with Crippen LogP contribution in [0.3, 0.4) is 0 Å². The molecule has 6 nitrogen and oxygen atoms in total. The van der Waals surface area contributed by atoms with Crippen molar-refractivity contribution in [3.63, 3.8) is 0 Å². The van der Waals surface area contributed by atoms with Crippen LogP contribution in [-0.2, 0) is 9.47 Å². The second kappa shape index (κ2) is 6.92. The van der Waals surface area contributed by atoms with Crippen LogP contribution in [0.1, 0.15) is 26.7 Å². The van der Waals surface area contributed by atoms with E-state index in [-0.39, 0.29) is 12.7 Å². The van der Waals surface area contributed by atoms with Crippen LogP contribution in [0, 0.1) is 5.92 Å². The van der Waals surface area contributed by atoms with Gasteiger partial charge in [-0.05, 0) is 12.3 Å². The molecule has 0 fully saturated rings. The molecule has 2 amide bonds. The van der Waals surface area contributed by atoms with Gasteiger partial charge in [0.15, 0.2) is 0 Å². The van der Waals surface area contributed by atoms with Gasteiger partial charge in [0.2, 0.25) is 0 Å². The minimum atomic E-state index is -0.836. The lowest BCUT2D eigenvalue weighted by atomic mass is 10.0. The molecule has 0 radical (unpaired) electrons. The summed E-state index contributed by atoms with van der Waals surface area (Å²) in [7, 11) is 0. The Hall–Kier alpha value is -1.46. The molecule has 1 unspecified atom stereocenters. The quantitative estimate of drug-likeness (QED) is 0.693. The normalized spacial score (nSPS) is 12.2. The van der Waals surface area contributed by atoms with E-state index in [1.54, 1.807) is 0 Å².